The zero-order chi connectivity index (χ0) is 23.8. The Morgan fingerprint density at radius 2 is 1.85 bits per heavy atom. The molecule has 1 aromatic carbocycles. The Balaban J connectivity index is 1.55. The number of carbonyl (C=O) groups excluding carboxylic acids is 3. The van der Waals surface area contributed by atoms with Crippen LogP contribution in [0.25, 0.3) is 0 Å². The van der Waals surface area contributed by atoms with Gasteiger partial charge >= 0.3 is 5.97 Å². The number of piperidine rings is 1. The van der Waals surface area contributed by atoms with E-state index in [1.807, 2.05) is 48.2 Å². The summed E-state index contributed by atoms with van der Waals surface area (Å²) in [5.74, 6) is -0.382. The highest BCUT2D eigenvalue weighted by molar-refractivity contribution is 7.18. The first-order valence-corrected chi connectivity index (χ1v) is 12.4. The van der Waals surface area contributed by atoms with Crippen molar-refractivity contribution >= 4 is 34.1 Å². The average Bonchev–Trinajstić information content (AvgIpc) is 3.19. The minimum atomic E-state index is -0.357. The predicted octanol–water partition coefficient (Wildman–Crippen LogP) is 4.19. The quantitative estimate of drug-likeness (QED) is 0.555. The summed E-state index contributed by atoms with van der Waals surface area (Å²) < 4.78 is 5.08. The summed E-state index contributed by atoms with van der Waals surface area (Å²) in [5.41, 5.74) is 1.52. The largest absolute Gasteiger partial charge is 0.462 e. The third-order valence-electron chi connectivity index (χ3n) is 5.79. The fourth-order valence-electron chi connectivity index (χ4n) is 4.18. The minimum Gasteiger partial charge on any atom is -0.462 e. The summed E-state index contributed by atoms with van der Waals surface area (Å²) >= 11 is 1.24. The van der Waals surface area contributed by atoms with Gasteiger partial charge in [-0.2, -0.15) is 0 Å². The van der Waals surface area contributed by atoms with Gasteiger partial charge in [0.05, 0.1) is 18.2 Å². The number of likely N-dealkylation sites (tertiary alicyclic amines) is 1. The van der Waals surface area contributed by atoms with Crippen molar-refractivity contribution in [1.29, 1.82) is 0 Å². The number of benzene rings is 1. The van der Waals surface area contributed by atoms with Crippen LogP contribution in [-0.2, 0) is 9.53 Å². The molecule has 0 saturated carbocycles. The van der Waals surface area contributed by atoms with E-state index in [2.05, 4.69) is 17.1 Å². The molecule has 1 N–H and O–H groups in total. The maximum atomic E-state index is 12.8. The molecule has 1 fully saturated rings. The normalized spacial score (nSPS) is 14.4. The summed E-state index contributed by atoms with van der Waals surface area (Å²) in [5, 5.41) is 3.60. The van der Waals surface area contributed by atoms with Crippen LogP contribution in [0.4, 0.5) is 5.00 Å². The highest BCUT2D eigenvalue weighted by Crippen LogP contribution is 2.27. The lowest BCUT2D eigenvalue weighted by atomic mass is 10.0. The lowest BCUT2D eigenvalue weighted by molar-refractivity contribution is -0.118. The van der Waals surface area contributed by atoms with Crippen molar-refractivity contribution in [2.45, 2.75) is 46.1 Å². The van der Waals surface area contributed by atoms with Crippen molar-refractivity contribution in [3.63, 3.8) is 0 Å². The number of ether oxygens (including phenoxy) is 1. The third kappa shape index (κ3) is 6.65. The van der Waals surface area contributed by atoms with E-state index in [1.165, 1.54) is 11.3 Å². The van der Waals surface area contributed by atoms with Gasteiger partial charge in [0.2, 0.25) is 5.91 Å². The molecule has 2 aromatic rings. The van der Waals surface area contributed by atoms with Gasteiger partial charge in [-0.25, -0.2) is 4.79 Å². The van der Waals surface area contributed by atoms with Gasteiger partial charge in [-0.1, -0.05) is 25.1 Å². The number of hydrogen-bond acceptors (Lipinski definition) is 6. The van der Waals surface area contributed by atoms with Crippen LogP contribution in [-0.4, -0.2) is 66.4 Å². The fraction of sp³-hybridized carbons (Fsp3) is 0.480. The van der Waals surface area contributed by atoms with Crippen LogP contribution in [0.15, 0.2) is 36.4 Å². The smallest absolute Gasteiger partial charge is 0.348 e. The Labute approximate surface area is 199 Å². The second-order valence-corrected chi connectivity index (χ2v) is 9.30. The van der Waals surface area contributed by atoms with Gasteiger partial charge in [0.15, 0.2) is 0 Å². The van der Waals surface area contributed by atoms with Gasteiger partial charge in [-0.15, -0.1) is 11.3 Å². The van der Waals surface area contributed by atoms with E-state index >= 15 is 0 Å². The van der Waals surface area contributed by atoms with Crippen LogP contribution >= 0.6 is 11.3 Å². The molecular weight excluding hydrogens is 438 g/mol. The molecule has 178 valence electrons. The molecule has 1 aliphatic rings. The van der Waals surface area contributed by atoms with Crippen molar-refractivity contribution < 1.29 is 19.1 Å². The topological polar surface area (TPSA) is 79.0 Å². The molecule has 0 atom stereocenters. The Morgan fingerprint density at radius 1 is 1.15 bits per heavy atom. The summed E-state index contributed by atoms with van der Waals surface area (Å²) in [6, 6.07) is 11.4. The number of rotatable bonds is 9. The van der Waals surface area contributed by atoms with Crippen molar-refractivity contribution in [2.24, 2.45) is 0 Å². The van der Waals surface area contributed by atoms with Crippen molar-refractivity contribution in [3.05, 3.63) is 52.4 Å². The van der Waals surface area contributed by atoms with E-state index in [1.54, 1.807) is 6.92 Å². The van der Waals surface area contributed by atoms with Crippen LogP contribution in [0.3, 0.4) is 0 Å². The van der Waals surface area contributed by atoms with Crippen LogP contribution in [0.2, 0.25) is 0 Å². The Bertz CT molecular complexity index is 952. The summed E-state index contributed by atoms with van der Waals surface area (Å²) in [7, 11) is 0. The lowest BCUT2D eigenvalue weighted by Gasteiger charge is -2.38. The van der Waals surface area contributed by atoms with Gasteiger partial charge in [-0.3, -0.25) is 14.5 Å². The van der Waals surface area contributed by atoms with Gasteiger partial charge in [0.1, 0.15) is 4.88 Å². The Morgan fingerprint density at radius 3 is 2.48 bits per heavy atom. The number of nitrogens with one attached hydrogen (secondary N) is 1. The van der Waals surface area contributed by atoms with Crippen LogP contribution in [0.5, 0.6) is 0 Å². The molecule has 33 heavy (non-hydrogen) atoms. The second kappa shape index (κ2) is 12.0. The van der Waals surface area contributed by atoms with E-state index in [9.17, 15) is 14.4 Å². The molecular formula is C25H33N3O4S. The molecule has 0 bridgehead atoms. The molecule has 8 heteroatoms. The second-order valence-electron chi connectivity index (χ2n) is 8.25. The monoisotopic (exact) mass is 471 g/mol. The first-order chi connectivity index (χ1) is 15.9. The number of esters is 1. The predicted molar refractivity (Wildman–Crippen MR) is 131 cm³/mol. The number of aryl methyl sites for hydroxylation is 1. The molecule has 1 aromatic heterocycles. The van der Waals surface area contributed by atoms with Gasteiger partial charge < -0.3 is 15.0 Å². The Hall–Kier alpha value is -2.71. The number of carbonyl (C=O) groups is 3. The van der Waals surface area contributed by atoms with E-state index in [0.717, 1.165) is 31.4 Å². The summed E-state index contributed by atoms with van der Waals surface area (Å²) in [6.07, 6.45) is 2.63. The highest BCUT2D eigenvalue weighted by Gasteiger charge is 2.28. The SMILES string of the molecule is CCCN(CC(=O)Nc1cc(C)c(C(=O)OCC)s1)C1CCN(C(=O)c2ccccc2)CC1. The number of thiophene rings is 1. The van der Waals surface area contributed by atoms with Gasteiger partial charge in [0.25, 0.3) is 5.91 Å². The van der Waals surface area contributed by atoms with Gasteiger partial charge in [-0.05, 0) is 63.4 Å². The molecule has 2 amide bonds. The molecule has 1 aliphatic heterocycles. The molecule has 0 unspecified atom stereocenters. The first kappa shape index (κ1) is 24.9. The van der Waals surface area contributed by atoms with Crippen molar-refractivity contribution in [2.75, 3.05) is 38.1 Å². The summed E-state index contributed by atoms with van der Waals surface area (Å²) in [6.45, 7) is 8.52. The van der Waals surface area contributed by atoms with E-state index < -0.39 is 0 Å². The third-order valence-corrected chi connectivity index (χ3v) is 6.92. The Kier molecular flexibility index (Phi) is 9.03. The molecule has 0 spiro atoms. The van der Waals surface area contributed by atoms with Gasteiger partial charge in [0, 0.05) is 24.7 Å². The molecule has 0 radical (unpaired) electrons. The van der Waals surface area contributed by atoms with Crippen LogP contribution in [0.1, 0.15) is 58.7 Å². The minimum absolute atomic E-state index is 0.0688. The zero-order valence-corrected chi connectivity index (χ0v) is 20.5. The number of hydrogen-bond donors (Lipinski definition) is 1. The zero-order valence-electron chi connectivity index (χ0n) is 19.6. The molecule has 3 rings (SSSR count). The molecule has 7 nitrogen and oxygen atoms in total. The lowest BCUT2D eigenvalue weighted by Crippen LogP contribution is -2.49. The highest BCUT2D eigenvalue weighted by atomic mass is 32.1. The van der Waals surface area contributed by atoms with Crippen molar-refractivity contribution in [3.8, 4) is 0 Å². The number of anilines is 1. The van der Waals surface area contributed by atoms with Crippen LogP contribution < -0.4 is 5.32 Å². The molecule has 0 aliphatic carbocycles. The van der Waals surface area contributed by atoms with E-state index in [-0.39, 0.29) is 30.4 Å². The van der Waals surface area contributed by atoms with Crippen molar-refractivity contribution in [1.82, 2.24) is 9.80 Å². The number of nitrogens with zero attached hydrogens (tertiary/aromatic N) is 2. The fourth-order valence-corrected chi connectivity index (χ4v) is 5.16. The standard InChI is InChI=1S/C25H33N3O4S/c1-4-13-28(17-21(29)26-22-16-18(3)23(33-22)25(31)32-5-2)20-11-14-27(15-12-20)24(30)19-9-7-6-8-10-19/h6-10,16,20H,4-5,11-15,17H2,1-3H3,(H,26,29). The van der Waals surface area contributed by atoms with E-state index in [4.69, 9.17) is 4.74 Å². The average molecular weight is 472 g/mol. The maximum Gasteiger partial charge on any atom is 0.348 e. The first-order valence-electron chi connectivity index (χ1n) is 11.6. The van der Waals surface area contributed by atoms with E-state index in [0.29, 0.717) is 35.1 Å². The molecule has 1 saturated heterocycles. The maximum absolute atomic E-state index is 12.8. The molecule has 2 heterocycles. The van der Waals surface area contributed by atoms with Crippen LogP contribution in [0, 0.1) is 6.92 Å². The number of amides is 2. The summed E-state index contributed by atoms with van der Waals surface area (Å²) in [4.78, 5) is 42.2.